The molecule has 0 amide bonds. The molecular formula is C17H28N2O. The van der Waals surface area contributed by atoms with E-state index in [2.05, 4.69) is 36.2 Å². The normalized spacial score (nSPS) is 23.1. The number of nitrogens with one attached hydrogen (secondary N) is 1. The van der Waals surface area contributed by atoms with Crippen LogP contribution in [0.2, 0.25) is 0 Å². The van der Waals surface area contributed by atoms with E-state index in [9.17, 15) is 5.11 Å². The van der Waals surface area contributed by atoms with Crippen LogP contribution in [0.3, 0.4) is 0 Å². The molecule has 1 aliphatic heterocycles. The van der Waals surface area contributed by atoms with Gasteiger partial charge in [0.25, 0.3) is 0 Å². The van der Waals surface area contributed by atoms with Crippen molar-refractivity contribution in [1.29, 1.82) is 0 Å². The summed E-state index contributed by atoms with van der Waals surface area (Å²) in [6, 6.07) is 10.3. The summed E-state index contributed by atoms with van der Waals surface area (Å²) >= 11 is 0. The van der Waals surface area contributed by atoms with Gasteiger partial charge in [-0.25, -0.2) is 0 Å². The minimum Gasteiger partial charge on any atom is -0.394 e. The molecule has 2 unspecified atom stereocenters. The number of likely N-dealkylation sites (N-methyl/N-ethyl adjacent to an activating group) is 1. The van der Waals surface area contributed by atoms with Crippen LogP contribution in [0.25, 0.3) is 0 Å². The quantitative estimate of drug-likeness (QED) is 0.835. The van der Waals surface area contributed by atoms with Gasteiger partial charge in [-0.1, -0.05) is 44.2 Å². The van der Waals surface area contributed by atoms with Crippen LogP contribution in [0.5, 0.6) is 0 Å². The number of hydrogen-bond donors (Lipinski definition) is 2. The number of aliphatic hydroxyl groups is 1. The molecule has 2 atom stereocenters. The van der Waals surface area contributed by atoms with Gasteiger partial charge < -0.3 is 15.3 Å². The summed E-state index contributed by atoms with van der Waals surface area (Å²) in [4.78, 5) is 2.49. The molecule has 1 heterocycles. The zero-order valence-corrected chi connectivity index (χ0v) is 13.0. The van der Waals surface area contributed by atoms with Crippen molar-refractivity contribution in [2.24, 2.45) is 11.8 Å². The molecule has 2 rings (SSSR count). The molecular weight excluding hydrogens is 248 g/mol. The fourth-order valence-corrected chi connectivity index (χ4v) is 3.22. The lowest BCUT2D eigenvalue weighted by Crippen LogP contribution is -2.52. The first-order valence-corrected chi connectivity index (χ1v) is 7.69. The number of rotatable bonds is 6. The molecule has 0 saturated carbocycles. The molecule has 3 nitrogen and oxygen atoms in total. The zero-order chi connectivity index (χ0) is 14.6. The maximum Gasteiger partial charge on any atom is 0.0795 e. The average molecular weight is 276 g/mol. The lowest BCUT2D eigenvalue weighted by Gasteiger charge is -2.36. The molecule has 1 aromatic rings. The standard InChI is InChI=1S/C17H28N2O/c1-14(2)15-9-10-19(11-15)12-17(13-20,18-3)16-7-5-4-6-8-16/h4-8,14-15,18,20H,9-13H2,1-3H3. The number of aliphatic hydroxyl groups excluding tert-OH is 1. The zero-order valence-electron chi connectivity index (χ0n) is 13.0. The Morgan fingerprint density at radius 2 is 2.05 bits per heavy atom. The van der Waals surface area contributed by atoms with E-state index in [0.717, 1.165) is 37.0 Å². The second-order valence-electron chi connectivity index (χ2n) is 6.38. The molecule has 3 heteroatoms. The Bertz CT molecular complexity index is 401. The smallest absolute Gasteiger partial charge is 0.0795 e. The Hall–Kier alpha value is -0.900. The van der Waals surface area contributed by atoms with Crippen molar-refractivity contribution in [3.63, 3.8) is 0 Å². The maximum absolute atomic E-state index is 9.98. The van der Waals surface area contributed by atoms with Crippen LogP contribution in [-0.2, 0) is 5.54 Å². The van der Waals surface area contributed by atoms with Gasteiger partial charge in [0, 0.05) is 13.1 Å². The van der Waals surface area contributed by atoms with Crippen LogP contribution in [0.15, 0.2) is 30.3 Å². The van der Waals surface area contributed by atoms with Crippen LogP contribution in [0, 0.1) is 11.8 Å². The molecule has 0 bridgehead atoms. The van der Waals surface area contributed by atoms with Crippen LogP contribution in [-0.4, -0.2) is 43.3 Å². The number of hydrogen-bond acceptors (Lipinski definition) is 3. The predicted octanol–water partition coefficient (Wildman–Crippen LogP) is 2.07. The van der Waals surface area contributed by atoms with Crippen LogP contribution < -0.4 is 5.32 Å². The first-order valence-electron chi connectivity index (χ1n) is 7.69. The fraction of sp³-hybridized carbons (Fsp3) is 0.647. The topological polar surface area (TPSA) is 35.5 Å². The van der Waals surface area contributed by atoms with Gasteiger partial charge in [0.15, 0.2) is 0 Å². The first kappa shape index (κ1) is 15.5. The number of likely N-dealkylation sites (tertiary alicyclic amines) is 1. The van der Waals surface area contributed by atoms with E-state index >= 15 is 0 Å². The molecule has 0 aliphatic carbocycles. The average Bonchev–Trinajstić information content (AvgIpc) is 2.94. The largest absolute Gasteiger partial charge is 0.394 e. The highest BCUT2D eigenvalue weighted by atomic mass is 16.3. The van der Waals surface area contributed by atoms with Crippen molar-refractivity contribution in [1.82, 2.24) is 10.2 Å². The summed E-state index contributed by atoms with van der Waals surface area (Å²) in [6.45, 7) is 7.89. The number of nitrogens with zero attached hydrogens (tertiary/aromatic N) is 1. The SMILES string of the molecule is CNC(CO)(CN1CCC(C(C)C)C1)c1ccccc1. The molecule has 1 aliphatic rings. The third-order valence-corrected chi connectivity index (χ3v) is 4.82. The number of benzene rings is 1. The van der Waals surface area contributed by atoms with Gasteiger partial charge in [-0.05, 0) is 37.4 Å². The molecule has 2 N–H and O–H groups in total. The highest BCUT2D eigenvalue weighted by Crippen LogP contribution is 2.28. The highest BCUT2D eigenvalue weighted by Gasteiger charge is 2.35. The third-order valence-electron chi connectivity index (χ3n) is 4.82. The predicted molar refractivity (Wildman–Crippen MR) is 83.7 cm³/mol. The van der Waals surface area contributed by atoms with Gasteiger partial charge in [-0.3, -0.25) is 0 Å². The van der Waals surface area contributed by atoms with Gasteiger partial charge >= 0.3 is 0 Å². The van der Waals surface area contributed by atoms with Crippen LogP contribution >= 0.6 is 0 Å². The minimum absolute atomic E-state index is 0.121. The molecule has 112 valence electrons. The lowest BCUT2D eigenvalue weighted by molar-refractivity contribution is 0.121. The maximum atomic E-state index is 9.98. The van der Waals surface area contributed by atoms with Gasteiger partial charge in [-0.2, -0.15) is 0 Å². The van der Waals surface area contributed by atoms with Crippen molar-refractivity contribution in [2.45, 2.75) is 25.8 Å². The minimum atomic E-state index is -0.354. The van der Waals surface area contributed by atoms with Crippen molar-refractivity contribution in [3.8, 4) is 0 Å². The molecule has 1 aromatic carbocycles. The van der Waals surface area contributed by atoms with E-state index in [1.54, 1.807) is 0 Å². The fourth-order valence-electron chi connectivity index (χ4n) is 3.22. The van der Waals surface area contributed by atoms with Crippen molar-refractivity contribution < 1.29 is 5.11 Å². The van der Waals surface area contributed by atoms with E-state index in [1.165, 1.54) is 6.42 Å². The summed E-state index contributed by atoms with van der Waals surface area (Å²) in [7, 11) is 1.94. The Morgan fingerprint density at radius 3 is 2.55 bits per heavy atom. The Labute approximate surface area is 123 Å². The summed E-state index contributed by atoms with van der Waals surface area (Å²) in [6.07, 6.45) is 1.28. The van der Waals surface area contributed by atoms with Gasteiger partial charge in [0.1, 0.15) is 0 Å². The van der Waals surface area contributed by atoms with E-state index in [0.29, 0.717) is 0 Å². The third kappa shape index (κ3) is 3.22. The highest BCUT2D eigenvalue weighted by molar-refractivity contribution is 5.25. The van der Waals surface area contributed by atoms with E-state index in [-0.39, 0.29) is 12.1 Å². The van der Waals surface area contributed by atoms with E-state index < -0.39 is 0 Å². The monoisotopic (exact) mass is 276 g/mol. The molecule has 0 aromatic heterocycles. The summed E-state index contributed by atoms with van der Waals surface area (Å²) in [5.74, 6) is 1.54. The van der Waals surface area contributed by atoms with Gasteiger partial charge in [0.2, 0.25) is 0 Å². The van der Waals surface area contributed by atoms with Gasteiger partial charge in [-0.15, -0.1) is 0 Å². The molecule has 1 fully saturated rings. The first-order chi connectivity index (χ1) is 9.61. The van der Waals surface area contributed by atoms with Crippen molar-refractivity contribution >= 4 is 0 Å². The lowest BCUT2D eigenvalue weighted by atomic mass is 9.90. The van der Waals surface area contributed by atoms with Crippen LogP contribution in [0.4, 0.5) is 0 Å². The Balaban J connectivity index is 2.11. The summed E-state index contributed by atoms with van der Waals surface area (Å²) < 4.78 is 0. The van der Waals surface area contributed by atoms with E-state index in [1.807, 2.05) is 25.2 Å². The second-order valence-corrected chi connectivity index (χ2v) is 6.38. The van der Waals surface area contributed by atoms with Crippen molar-refractivity contribution in [2.75, 3.05) is 33.3 Å². The molecule has 0 spiro atoms. The Morgan fingerprint density at radius 1 is 1.35 bits per heavy atom. The second kappa shape index (κ2) is 6.70. The Kier molecular flexibility index (Phi) is 5.19. The van der Waals surface area contributed by atoms with Gasteiger partial charge in [0.05, 0.1) is 12.1 Å². The summed E-state index contributed by atoms with van der Waals surface area (Å²) in [5, 5.41) is 13.3. The molecule has 0 radical (unpaired) electrons. The van der Waals surface area contributed by atoms with Crippen molar-refractivity contribution in [3.05, 3.63) is 35.9 Å². The van der Waals surface area contributed by atoms with Crippen LogP contribution in [0.1, 0.15) is 25.8 Å². The molecule has 20 heavy (non-hydrogen) atoms. The summed E-state index contributed by atoms with van der Waals surface area (Å²) in [5.41, 5.74) is 0.811. The van der Waals surface area contributed by atoms with E-state index in [4.69, 9.17) is 0 Å². The molecule has 1 saturated heterocycles.